The summed E-state index contributed by atoms with van der Waals surface area (Å²) < 4.78 is 19.4. The Labute approximate surface area is 181 Å². The van der Waals surface area contributed by atoms with Gasteiger partial charge in [-0.05, 0) is 24.3 Å². The molecule has 31 heavy (non-hydrogen) atoms. The second-order valence-corrected chi connectivity index (χ2v) is 7.71. The summed E-state index contributed by atoms with van der Waals surface area (Å²) in [7, 11) is 0. The number of benzene rings is 1. The van der Waals surface area contributed by atoms with E-state index in [1.807, 2.05) is 4.90 Å². The fourth-order valence-corrected chi connectivity index (χ4v) is 3.93. The number of amides is 2. The molecule has 0 aromatic heterocycles. The number of aliphatic hydroxyl groups excluding tert-OH is 2. The second-order valence-electron chi connectivity index (χ2n) is 7.31. The summed E-state index contributed by atoms with van der Waals surface area (Å²) >= 11 is 5.84. The number of anilines is 1. The molecule has 0 bridgehead atoms. The van der Waals surface area contributed by atoms with Crippen LogP contribution in [0.3, 0.4) is 0 Å². The van der Waals surface area contributed by atoms with Crippen molar-refractivity contribution in [2.45, 2.75) is 12.4 Å². The molecule has 0 spiro atoms. The molecule has 3 heterocycles. The quantitative estimate of drug-likeness (QED) is 0.523. The third kappa shape index (κ3) is 3.99. The highest BCUT2D eigenvalue weighted by molar-refractivity contribution is 6.31. The predicted octanol–water partition coefficient (Wildman–Crippen LogP) is 0.596. The average Bonchev–Trinajstić information content (AvgIpc) is 3.08. The van der Waals surface area contributed by atoms with Gasteiger partial charge in [-0.1, -0.05) is 11.6 Å². The van der Waals surface area contributed by atoms with Crippen LogP contribution in [-0.2, 0) is 4.74 Å². The van der Waals surface area contributed by atoms with Gasteiger partial charge in [-0.25, -0.2) is 14.1 Å². The summed E-state index contributed by atoms with van der Waals surface area (Å²) in [4.78, 5) is 28.9. The smallest absolute Gasteiger partial charge is 0.416 e. The van der Waals surface area contributed by atoms with E-state index in [-0.39, 0.29) is 28.8 Å². The molecule has 166 valence electrons. The zero-order valence-electron chi connectivity index (χ0n) is 16.3. The van der Waals surface area contributed by atoms with Gasteiger partial charge in [0.15, 0.2) is 6.23 Å². The van der Waals surface area contributed by atoms with Gasteiger partial charge < -0.3 is 30.9 Å². The summed E-state index contributed by atoms with van der Waals surface area (Å²) in [5, 5.41) is 22.5. The third-order valence-electron chi connectivity index (χ3n) is 5.39. The highest BCUT2D eigenvalue weighted by Crippen LogP contribution is 2.26. The Hall–Kier alpha value is -3.02. The molecule has 1 aromatic carbocycles. The van der Waals surface area contributed by atoms with Gasteiger partial charge in [0.1, 0.15) is 23.6 Å². The maximum Gasteiger partial charge on any atom is 0.416 e. The largest absolute Gasteiger partial charge is 0.494 e. The van der Waals surface area contributed by atoms with E-state index in [0.717, 1.165) is 11.0 Å². The Balaban J connectivity index is 1.41. The summed E-state index contributed by atoms with van der Waals surface area (Å²) in [5.41, 5.74) is 6.40. The Morgan fingerprint density at radius 1 is 1.29 bits per heavy atom. The summed E-state index contributed by atoms with van der Waals surface area (Å²) in [6, 6.07) is 3.69. The van der Waals surface area contributed by atoms with Crippen LogP contribution in [-0.4, -0.2) is 77.2 Å². The molecule has 2 saturated heterocycles. The Morgan fingerprint density at radius 3 is 2.61 bits per heavy atom. The number of ether oxygens (including phenoxy) is 1. The minimum absolute atomic E-state index is 0.103. The molecule has 12 heteroatoms. The maximum absolute atomic E-state index is 14.7. The Bertz CT molecular complexity index is 978. The molecule has 0 aliphatic carbocycles. The van der Waals surface area contributed by atoms with Gasteiger partial charge in [-0.15, -0.1) is 0 Å². The lowest BCUT2D eigenvalue weighted by atomic mass is 10.1. The monoisotopic (exact) mass is 453 g/mol. The molecular weight excluding hydrogens is 433 g/mol. The number of halogens is 2. The van der Waals surface area contributed by atoms with E-state index in [2.05, 4.69) is 5.32 Å². The van der Waals surface area contributed by atoms with Crippen molar-refractivity contribution >= 4 is 29.3 Å². The zero-order chi connectivity index (χ0) is 22.3. The number of carbonyl (C=O) groups excluding carboxylic acids is 2. The molecule has 3 aliphatic heterocycles. The van der Waals surface area contributed by atoms with Gasteiger partial charge in [0.05, 0.1) is 11.3 Å². The van der Waals surface area contributed by atoms with Crippen LogP contribution in [0.4, 0.5) is 14.9 Å². The predicted molar refractivity (Wildman–Crippen MR) is 108 cm³/mol. The van der Waals surface area contributed by atoms with Crippen molar-refractivity contribution in [2.24, 2.45) is 5.73 Å². The molecule has 4 rings (SSSR count). The molecule has 0 radical (unpaired) electrons. The summed E-state index contributed by atoms with van der Waals surface area (Å²) in [6.07, 6.45) is -0.975. The van der Waals surface area contributed by atoms with Gasteiger partial charge in [0.25, 0.3) is 5.91 Å². The molecule has 2 amide bonds. The number of rotatable bonds is 3. The molecule has 5 N–H and O–H groups in total. The normalized spacial score (nSPS) is 24.7. The number of carbonyl (C=O) groups is 2. The molecule has 1 aromatic rings. The first-order valence-electron chi connectivity index (χ1n) is 9.55. The van der Waals surface area contributed by atoms with Crippen molar-refractivity contribution in [1.29, 1.82) is 0 Å². The number of nitrogens with zero attached hydrogens (tertiary/aromatic N) is 3. The Morgan fingerprint density at radius 2 is 2.00 bits per heavy atom. The lowest BCUT2D eigenvalue weighted by molar-refractivity contribution is 0.0554. The first-order chi connectivity index (χ1) is 14.8. The highest BCUT2D eigenvalue weighted by Gasteiger charge is 2.34. The highest BCUT2D eigenvalue weighted by atomic mass is 35.5. The fraction of sp³-hybridized carbons (Fsp3) is 0.368. The van der Waals surface area contributed by atoms with E-state index in [0.29, 0.717) is 31.9 Å². The maximum atomic E-state index is 14.7. The van der Waals surface area contributed by atoms with Gasteiger partial charge in [0.2, 0.25) is 5.88 Å². The van der Waals surface area contributed by atoms with Crippen molar-refractivity contribution in [3.8, 4) is 0 Å². The number of cyclic esters (lactones) is 1. The zero-order valence-corrected chi connectivity index (χ0v) is 17.0. The minimum atomic E-state index is -1.21. The SMILES string of the molecule is NC1=CC(Cl)=C(O)NC1N1CCN(C(=O)c2ccc(N3C(=O)OC[C@H]3O)cc2F)CC1. The van der Waals surface area contributed by atoms with E-state index in [9.17, 15) is 24.2 Å². The fourth-order valence-electron chi connectivity index (χ4n) is 3.75. The van der Waals surface area contributed by atoms with Gasteiger partial charge >= 0.3 is 6.09 Å². The third-order valence-corrected chi connectivity index (χ3v) is 5.68. The van der Waals surface area contributed by atoms with Crippen LogP contribution >= 0.6 is 11.6 Å². The van der Waals surface area contributed by atoms with Crippen LogP contribution in [0.2, 0.25) is 0 Å². The lowest BCUT2D eigenvalue weighted by Crippen LogP contribution is -2.57. The van der Waals surface area contributed by atoms with E-state index in [4.69, 9.17) is 22.1 Å². The average molecular weight is 454 g/mol. The van der Waals surface area contributed by atoms with Gasteiger partial charge in [0, 0.05) is 31.9 Å². The second kappa shape index (κ2) is 8.25. The minimum Gasteiger partial charge on any atom is -0.494 e. The van der Waals surface area contributed by atoms with Crippen molar-refractivity contribution < 1.29 is 28.9 Å². The number of nitrogens with one attached hydrogen (secondary N) is 1. The van der Waals surface area contributed by atoms with Crippen molar-refractivity contribution in [1.82, 2.24) is 15.1 Å². The molecule has 1 unspecified atom stereocenters. The number of hydrogen-bond donors (Lipinski definition) is 4. The van der Waals surface area contributed by atoms with E-state index >= 15 is 0 Å². The van der Waals surface area contributed by atoms with Crippen LogP contribution in [0, 0.1) is 5.82 Å². The van der Waals surface area contributed by atoms with E-state index in [1.54, 1.807) is 0 Å². The number of piperazine rings is 1. The van der Waals surface area contributed by atoms with Crippen LogP contribution in [0.1, 0.15) is 10.4 Å². The van der Waals surface area contributed by atoms with Crippen molar-refractivity contribution in [3.05, 3.63) is 52.3 Å². The van der Waals surface area contributed by atoms with Crippen molar-refractivity contribution in [2.75, 3.05) is 37.7 Å². The molecule has 10 nitrogen and oxygen atoms in total. The van der Waals surface area contributed by atoms with Crippen LogP contribution in [0.25, 0.3) is 0 Å². The van der Waals surface area contributed by atoms with E-state index < -0.39 is 30.2 Å². The molecule has 2 fully saturated rings. The van der Waals surface area contributed by atoms with E-state index in [1.165, 1.54) is 23.1 Å². The molecule has 0 saturated carbocycles. The van der Waals surface area contributed by atoms with Crippen LogP contribution in [0.15, 0.2) is 40.9 Å². The standard InChI is InChI=1S/C19H21ClFN5O5/c20-12-8-14(22)16(23-17(12)28)24-3-5-25(6-4-24)18(29)11-2-1-10(7-13(11)21)26-15(27)9-31-19(26)30/h1-2,7-8,15-16,23,27-28H,3-6,9,22H2/t15-,16?/m1/s1. The first-order valence-corrected chi connectivity index (χ1v) is 9.93. The number of nitrogens with two attached hydrogens (primary N) is 1. The molecular formula is C19H21ClFN5O5. The summed E-state index contributed by atoms with van der Waals surface area (Å²) in [5.74, 6) is -1.46. The summed E-state index contributed by atoms with van der Waals surface area (Å²) in [6.45, 7) is 1.31. The first kappa shape index (κ1) is 21.2. The Kier molecular flexibility index (Phi) is 5.65. The molecule has 3 aliphatic rings. The topological polar surface area (TPSA) is 132 Å². The number of aliphatic hydroxyl groups is 2. The van der Waals surface area contributed by atoms with Crippen LogP contribution in [0.5, 0.6) is 0 Å². The molecule has 2 atom stereocenters. The number of allylic oxidation sites excluding steroid dienone is 2. The van der Waals surface area contributed by atoms with Gasteiger partial charge in [-0.3, -0.25) is 9.69 Å². The number of dihydropyridines is 1. The van der Waals surface area contributed by atoms with Crippen molar-refractivity contribution in [3.63, 3.8) is 0 Å². The number of hydrogen-bond acceptors (Lipinski definition) is 8. The van der Waals surface area contributed by atoms with Gasteiger partial charge in [-0.2, -0.15) is 0 Å². The van der Waals surface area contributed by atoms with Crippen LogP contribution < -0.4 is 16.0 Å². The lowest BCUT2D eigenvalue weighted by Gasteiger charge is -2.40.